The highest BCUT2D eigenvalue weighted by atomic mass is 28.4. The topological polar surface area (TPSA) is 44.5 Å². The maximum atomic E-state index is 6.08. The molecule has 0 aliphatic carbocycles. The Morgan fingerprint density at radius 3 is 1.88 bits per heavy atom. The second-order valence-corrected chi connectivity index (χ2v) is 10.7. The molecule has 0 atom stereocenters. The van der Waals surface area contributed by atoms with E-state index in [0.29, 0.717) is 11.6 Å². The summed E-state index contributed by atoms with van der Waals surface area (Å²) in [6.07, 6.45) is 4.59. The van der Waals surface area contributed by atoms with Crippen LogP contribution in [-0.4, -0.2) is 21.5 Å². The lowest BCUT2D eigenvalue weighted by atomic mass is 10.2. The Labute approximate surface area is 102 Å². The second-order valence-electron chi connectivity index (χ2n) is 5.89. The van der Waals surface area contributed by atoms with Crippen molar-refractivity contribution in [2.75, 3.05) is 13.2 Å². The van der Waals surface area contributed by atoms with Gasteiger partial charge >= 0.3 is 0 Å². The van der Waals surface area contributed by atoms with Crippen molar-refractivity contribution in [3.8, 4) is 0 Å². The van der Waals surface area contributed by atoms with Crippen LogP contribution in [0.5, 0.6) is 0 Å². The van der Waals surface area contributed by atoms with Crippen LogP contribution in [0, 0.1) is 0 Å². The summed E-state index contributed by atoms with van der Waals surface area (Å²) in [4.78, 5) is 4.52. The number of hydrogen-bond donors (Lipinski definition) is 1. The largest absolute Gasteiger partial charge is 0.417 e. The summed E-state index contributed by atoms with van der Waals surface area (Å²) in [6, 6.07) is 0. The molecule has 0 heterocycles. The molecule has 0 rings (SSSR count). The molecule has 0 aromatic rings. The summed E-state index contributed by atoms with van der Waals surface area (Å²) >= 11 is 0. The van der Waals surface area contributed by atoms with Gasteiger partial charge in [0, 0.05) is 6.61 Å². The van der Waals surface area contributed by atoms with Gasteiger partial charge in [0.2, 0.25) is 0 Å². The molecule has 4 heteroatoms. The molecule has 2 N–H and O–H groups in total. The Balaban J connectivity index is 3.51. The summed E-state index contributed by atoms with van der Waals surface area (Å²) in [5.74, 6) is 4.96. The van der Waals surface area contributed by atoms with Crippen molar-refractivity contribution in [3.63, 3.8) is 0 Å². The Morgan fingerprint density at radius 1 is 0.938 bits per heavy atom. The molecule has 3 nitrogen and oxygen atoms in total. The summed E-state index contributed by atoms with van der Waals surface area (Å²) in [5.41, 5.74) is 0. The van der Waals surface area contributed by atoms with Crippen LogP contribution < -0.4 is 5.90 Å². The van der Waals surface area contributed by atoms with E-state index in [9.17, 15) is 0 Å². The third-order valence-electron chi connectivity index (χ3n) is 3.43. The van der Waals surface area contributed by atoms with E-state index in [1.54, 1.807) is 0 Å². The maximum absolute atomic E-state index is 6.08. The molecule has 0 fully saturated rings. The van der Waals surface area contributed by atoms with Crippen LogP contribution in [0.15, 0.2) is 0 Å². The Kier molecular flexibility index (Phi) is 7.47. The SMILES string of the molecule is CC(C)(C)[Si](C)(C)OCCCCCCON. The van der Waals surface area contributed by atoms with Gasteiger partial charge in [0.25, 0.3) is 0 Å². The van der Waals surface area contributed by atoms with E-state index in [0.717, 1.165) is 19.4 Å². The summed E-state index contributed by atoms with van der Waals surface area (Å²) in [7, 11) is -1.52. The van der Waals surface area contributed by atoms with Crippen LogP contribution in [0.25, 0.3) is 0 Å². The lowest BCUT2D eigenvalue weighted by Crippen LogP contribution is -2.40. The van der Waals surface area contributed by atoms with Crippen LogP contribution >= 0.6 is 0 Å². The van der Waals surface area contributed by atoms with Gasteiger partial charge in [-0.1, -0.05) is 33.6 Å². The predicted molar refractivity (Wildman–Crippen MR) is 71.8 cm³/mol. The lowest BCUT2D eigenvalue weighted by molar-refractivity contribution is 0.133. The number of hydrogen-bond acceptors (Lipinski definition) is 3. The maximum Gasteiger partial charge on any atom is 0.191 e. The van der Waals surface area contributed by atoms with Crippen LogP contribution in [0.3, 0.4) is 0 Å². The molecular formula is C12H29NO2Si. The zero-order chi connectivity index (χ0) is 12.7. The minimum absolute atomic E-state index is 0.320. The lowest BCUT2D eigenvalue weighted by Gasteiger charge is -2.36. The minimum atomic E-state index is -1.52. The predicted octanol–water partition coefficient (Wildman–Crippen LogP) is 3.46. The molecule has 0 aromatic heterocycles. The van der Waals surface area contributed by atoms with Crippen molar-refractivity contribution < 1.29 is 9.26 Å². The minimum Gasteiger partial charge on any atom is -0.417 e. The second kappa shape index (κ2) is 7.43. The number of unbranched alkanes of at least 4 members (excludes halogenated alkanes) is 3. The Bertz CT molecular complexity index is 178. The van der Waals surface area contributed by atoms with Crippen LogP contribution in [0.4, 0.5) is 0 Å². The third kappa shape index (κ3) is 6.63. The van der Waals surface area contributed by atoms with E-state index in [4.69, 9.17) is 10.3 Å². The van der Waals surface area contributed by atoms with Gasteiger partial charge in [-0.25, -0.2) is 5.90 Å². The van der Waals surface area contributed by atoms with Crippen molar-refractivity contribution in [1.82, 2.24) is 0 Å². The molecular weight excluding hydrogens is 218 g/mol. The normalized spacial score (nSPS) is 13.1. The number of nitrogens with two attached hydrogens (primary N) is 1. The Hall–Kier alpha value is 0.0969. The van der Waals surface area contributed by atoms with Gasteiger partial charge in [0.15, 0.2) is 8.32 Å². The molecule has 16 heavy (non-hydrogen) atoms. The first kappa shape index (κ1) is 16.1. The van der Waals surface area contributed by atoms with Gasteiger partial charge in [-0.3, -0.25) is 0 Å². The summed E-state index contributed by atoms with van der Waals surface area (Å²) in [5, 5.41) is 0.320. The van der Waals surface area contributed by atoms with E-state index < -0.39 is 8.32 Å². The van der Waals surface area contributed by atoms with E-state index in [-0.39, 0.29) is 0 Å². The molecule has 0 saturated heterocycles. The fourth-order valence-corrected chi connectivity index (χ4v) is 2.27. The van der Waals surface area contributed by atoms with Gasteiger partial charge in [-0.15, -0.1) is 0 Å². The highest BCUT2D eigenvalue weighted by Gasteiger charge is 2.36. The first-order valence-electron chi connectivity index (χ1n) is 6.27. The summed E-state index contributed by atoms with van der Waals surface area (Å²) in [6.45, 7) is 13.0. The highest BCUT2D eigenvalue weighted by Crippen LogP contribution is 2.36. The van der Waals surface area contributed by atoms with E-state index in [1.807, 2.05) is 0 Å². The standard InChI is InChI=1S/C12H29NO2Si/c1-12(2,3)16(4,5)15-11-9-7-6-8-10-14-13/h6-11,13H2,1-5H3. The first-order chi connectivity index (χ1) is 7.31. The first-order valence-corrected chi connectivity index (χ1v) is 9.18. The zero-order valence-corrected chi connectivity index (χ0v) is 12.6. The molecule has 0 amide bonds. The van der Waals surface area contributed by atoms with E-state index in [2.05, 4.69) is 38.7 Å². The van der Waals surface area contributed by atoms with Gasteiger partial charge in [0.05, 0.1) is 6.61 Å². The van der Waals surface area contributed by atoms with Gasteiger partial charge < -0.3 is 9.26 Å². The molecule has 98 valence electrons. The average Bonchev–Trinajstić information content (AvgIpc) is 2.14. The molecule has 0 radical (unpaired) electrons. The van der Waals surface area contributed by atoms with E-state index >= 15 is 0 Å². The molecule has 0 bridgehead atoms. The average molecular weight is 247 g/mol. The van der Waals surface area contributed by atoms with Crippen molar-refractivity contribution in [2.45, 2.75) is 64.6 Å². The van der Waals surface area contributed by atoms with E-state index in [1.165, 1.54) is 12.8 Å². The highest BCUT2D eigenvalue weighted by molar-refractivity contribution is 6.74. The van der Waals surface area contributed by atoms with Crippen LogP contribution in [0.2, 0.25) is 18.1 Å². The third-order valence-corrected chi connectivity index (χ3v) is 7.96. The Morgan fingerprint density at radius 2 is 1.44 bits per heavy atom. The smallest absolute Gasteiger partial charge is 0.191 e. The van der Waals surface area contributed by atoms with Gasteiger partial charge in [-0.2, -0.15) is 0 Å². The molecule has 0 spiro atoms. The van der Waals surface area contributed by atoms with Gasteiger partial charge in [-0.05, 0) is 31.0 Å². The van der Waals surface area contributed by atoms with Crippen molar-refractivity contribution >= 4 is 8.32 Å². The van der Waals surface area contributed by atoms with Gasteiger partial charge in [0.1, 0.15) is 0 Å². The van der Waals surface area contributed by atoms with Crippen LogP contribution in [-0.2, 0) is 9.26 Å². The fourth-order valence-electron chi connectivity index (χ4n) is 1.18. The molecule has 0 aliphatic rings. The molecule has 0 saturated carbocycles. The van der Waals surface area contributed by atoms with Crippen molar-refractivity contribution in [2.24, 2.45) is 5.90 Å². The summed E-state index contributed by atoms with van der Waals surface area (Å²) < 4.78 is 6.08. The quantitative estimate of drug-likeness (QED) is 0.406. The number of rotatable bonds is 8. The van der Waals surface area contributed by atoms with Crippen molar-refractivity contribution in [3.05, 3.63) is 0 Å². The van der Waals surface area contributed by atoms with Crippen molar-refractivity contribution in [1.29, 1.82) is 0 Å². The fraction of sp³-hybridized carbons (Fsp3) is 1.00. The zero-order valence-electron chi connectivity index (χ0n) is 11.6. The molecule has 0 unspecified atom stereocenters. The van der Waals surface area contributed by atoms with Crippen LogP contribution in [0.1, 0.15) is 46.5 Å². The molecule has 0 aliphatic heterocycles. The molecule has 0 aromatic carbocycles. The monoisotopic (exact) mass is 247 g/mol.